The SMILES string of the molecule is Cl.O=C(N1CCC2(CCNC2)CC1)C1(c2cccc(F)c2)CCC1. The highest BCUT2D eigenvalue weighted by molar-refractivity contribution is 5.89. The third-order valence-electron chi connectivity index (χ3n) is 6.44. The summed E-state index contributed by atoms with van der Waals surface area (Å²) in [5.74, 6) is -0.00800. The molecule has 132 valence electrons. The molecule has 0 bridgehead atoms. The third-order valence-corrected chi connectivity index (χ3v) is 6.44. The minimum absolute atomic E-state index is 0. The van der Waals surface area contributed by atoms with E-state index in [4.69, 9.17) is 0 Å². The fourth-order valence-corrected chi connectivity index (χ4v) is 4.65. The number of carbonyl (C=O) groups excluding carboxylic acids is 1. The van der Waals surface area contributed by atoms with Crippen LogP contribution < -0.4 is 5.32 Å². The van der Waals surface area contributed by atoms with Crippen LogP contribution in [0.15, 0.2) is 24.3 Å². The lowest BCUT2D eigenvalue weighted by atomic mass is 9.63. The molecule has 2 heterocycles. The van der Waals surface area contributed by atoms with Gasteiger partial charge in [-0.2, -0.15) is 0 Å². The first-order valence-corrected chi connectivity index (χ1v) is 8.90. The van der Waals surface area contributed by atoms with Crippen LogP contribution in [0, 0.1) is 11.2 Å². The molecule has 3 nitrogen and oxygen atoms in total. The molecule has 0 aromatic heterocycles. The predicted molar refractivity (Wildman–Crippen MR) is 94.9 cm³/mol. The van der Waals surface area contributed by atoms with Crippen molar-refractivity contribution in [2.75, 3.05) is 26.2 Å². The molecule has 0 atom stereocenters. The first-order valence-electron chi connectivity index (χ1n) is 8.90. The van der Waals surface area contributed by atoms with Crippen molar-refractivity contribution in [3.8, 4) is 0 Å². The maximum Gasteiger partial charge on any atom is 0.233 e. The van der Waals surface area contributed by atoms with E-state index in [1.807, 2.05) is 11.0 Å². The Labute approximate surface area is 149 Å². The van der Waals surface area contributed by atoms with Gasteiger partial charge in [0.25, 0.3) is 0 Å². The number of carbonyl (C=O) groups is 1. The number of benzene rings is 1. The second-order valence-corrected chi connectivity index (χ2v) is 7.66. The zero-order valence-corrected chi connectivity index (χ0v) is 14.8. The number of nitrogens with zero attached hydrogens (tertiary/aromatic N) is 1. The van der Waals surface area contributed by atoms with Gasteiger partial charge in [-0.3, -0.25) is 4.79 Å². The van der Waals surface area contributed by atoms with Gasteiger partial charge in [0.2, 0.25) is 5.91 Å². The van der Waals surface area contributed by atoms with Crippen LogP contribution in [0.25, 0.3) is 0 Å². The van der Waals surface area contributed by atoms with Crippen LogP contribution in [0.1, 0.15) is 44.1 Å². The second kappa shape index (κ2) is 6.64. The van der Waals surface area contributed by atoms with Gasteiger partial charge in [-0.15, -0.1) is 12.4 Å². The van der Waals surface area contributed by atoms with E-state index >= 15 is 0 Å². The zero-order chi connectivity index (χ0) is 15.9. The Morgan fingerprint density at radius 1 is 1.12 bits per heavy atom. The molecule has 0 radical (unpaired) electrons. The smallest absolute Gasteiger partial charge is 0.233 e. The number of amides is 1. The second-order valence-electron chi connectivity index (χ2n) is 7.66. The molecular weight excluding hydrogens is 327 g/mol. The van der Waals surface area contributed by atoms with Gasteiger partial charge in [0, 0.05) is 19.6 Å². The molecule has 1 spiro atoms. The van der Waals surface area contributed by atoms with E-state index < -0.39 is 5.41 Å². The molecule has 3 aliphatic rings. The van der Waals surface area contributed by atoms with E-state index in [1.165, 1.54) is 12.5 Å². The fraction of sp³-hybridized carbons (Fsp3) is 0.632. The van der Waals surface area contributed by atoms with Crippen molar-refractivity contribution in [1.29, 1.82) is 0 Å². The van der Waals surface area contributed by atoms with Gasteiger partial charge < -0.3 is 10.2 Å². The molecule has 24 heavy (non-hydrogen) atoms. The van der Waals surface area contributed by atoms with Crippen molar-refractivity contribution in [3.63, 3.8) is 0 Å². The van der Waals surface area contributed by atoms with E-state index in [1.54, 1.807) is 12.1 Å². The molecule has 0 unspecified atom stereocenters. The van der Waals surface area contributed by atoms with Crippen molar-refractivity contribution < 1.29 is 9.18 Å². The van der Waals surface area contributed by atoms with Crippen LogP contribution in [0.4, 0.5) is 4.39 Å². The highest BCUT2D eigenvalue weighted by Crippen LogP contribution is 2.46. The predicted octanol–water partition coefficient (Wildman–Crippen LogP) is 3.27. The summed E-state index contributed by atoms with van der Waals surface area (Å²) < 4.78 is 13.6. The molecule has 1 saturated carbocycles. The van der Waals surface area contributed by atoms with E-state index in [9.17, 15) is 9.18 Å². The number of hydrogen-bond acceptors (Lipinski definition) is 2. The van der Waals surface area contributed by atoms with E-state index in [0.717, 1.165) is 63.8 Å². The lowest BCUT2D eigenvalue weighted by Crippen LogP contribution is -2.54. The average molecular weight is 353 g/mol. The van der Waals surface area contributed by atoms with Gasteiger partial charge in [0.1, 0.15) is 5.82 Å². The van der Waals surface area contributed by atoms with Gasteiger partial charge in [-0.1, -0.05) is 18.6 Å². The summed E-state index contributed by atoms with van der Waals surface area (Å²) in [4.78, 5) is 15.3. The molecule has 4 rings (SSSR count). The molecule has 1 amide bonds. The van der Waals surface area contributed by atoms with Crippen LogP contribution in [0.5, 0.6) is 0 Å². The number of nitrogens with one attached hydrogen (secondary N) is 1. The lowest BCUT2D eigenvalue weighted by molar-refractivity contribution is -0.143. The normalized spacial score (nSPS) is 24.3. The van der Waals surface area contributed by atoms with Crippen molar-refractivity contribution in [2.24, 2.45) is 5.41 Å². The Morgan fingerprint density at radius 3 is 2.42 bits per heavy atom. The Balaban J connectivity index is 0.00000169. The van der Waals surface area contributed by atoms with Gasteiger partial charge in [0.15, 0.2) is 0 Å². The number of halogens is 2. The van der Waals surface area contributed by atoms with Crippen LogP contribution in [0.2, 0.25) is 0 Å². The van der Waals surface area contributed by atoms with E-state index in [2.05, 4.69) is 5.32 Å². The van der Waals surface area contributed by atoms with Crippen LogP contribution in [-0.4, -0.2) is 37.0 Å². The quantitative estimate of drug-likeness (QED) is 0.886. The molecule has 1 aliphatic carbocycles. The number of hydrogen-bond donors (Lipinski definition) is 1. The maximum absolute atomic E-state index is 13.6. The van der Waals surface area contributed by atoms with Gasteiger partial charge in [-0.25, -0.2) is 4.39 Å². The Morgan fingerprint density at radius 2 is 1.88 bits per heavy atom. The van der Waals surface area contributed by atoms with Crippen LogP contribution in [0.3, 0.4) is 0 Å². The van der Waals surface area contributed by atoms with Crippen LogP contribution >= 0.6 is 12.4 Å². The molecule has 2 aliphatic heterocycles. The summed E-state index contributed by atoms with van der Waals surface area (Å²) in [6.07, 6.45) is 6.22. The average Bonchev–Trinajstić information content (AvgIpc) is 2.95. The largest absolute Gasteiger partial charge is 0.342 e. The van der Waals surface area contributed by atoms with Crippen molar-refractivity contribution in [2.45, 2.75) is 43.9 Å². The summed E-state index contributed by atoms with van der Waals surface area (Å²) in [5.41, 5.74) is 0.833. The fourth-order valence-electron chi connectivity index (χ4n) is 4.65. The Hall–Kier alpha value is -1.13. The third kappa shape index (κ3) is 2.84. The molecule has 2 saturated heterocycles. The van der Waals surface area contributed by atoms with Crippen molar-refractivity contribution in [3.05, 3.63) is 35.6 Å². The molecule has 1 aromatic carbocycles. The van der Waals surface area contributed by atoms with Gasteiger partial charge >= 0.3 is 0 Å². The van der Waals surface area contributed by atoms with Crippen molar-refractivity contribution in [1.82, 2.24) is 10.2 Å². The molecule has 1 aromatic rings. The van der Waals surface area contributed by atoms with Gasteiger partial charge in [-0.05, 0) is 61.8 Å². The number of piperidine rings is 1. The monoisotopic (exact) mass is 352 g/mol. The van der Waals surface area contributed by atoms with Crippen molar-refractivity contribution >= 4 is 18.3 Å². The standard InChI is InChI=1S/C19H25FN2O.ClH/c20-16-4-1-3-15(13-16)19(5-2-6-19)17(23)22-11-8-18(9-12-22)7-10-21-14-18;/h1,3-4,13,21H,2,5-12,14H2;1H. The lowest BCUT2D eigenvalue weighted by Gasteiger charge is -2.47. The highest BCUT2D eigenvalue weighted by Gasteiger charge is 2.49. The summed E-state index contributed by atoms with van der Waals surface area (Å²) in [6, 6.07) is 6.67. The molecule has 1 N–H and O–H groups in total. The molecular formula is C19H26ClFN2O. The first kappa shape index (κ1) is 17.7. The van der Waals surface area contributed by atoms with E-state index in [-0.39, 0.29) is 24.1 Å². The molecule has 3 fully saturated rings. The number of rotatable bonds is 2. The number of likely N-dealkylation sites (tertiary alicyclic amines) is 1. The van der Waals surface area contributed by atoms with E-state index in [0.29, 0.717) is 5.41 Å². The topological polar surface area (TPSA) is 32.3 Å². The summed E-state index contributed by atoms with van der Waals surface area (Å²) in [6.45, 7) is 3.93. The summed E-state index contributed by atoms with van der Waals surface area (Å²) in [7, 11) is 0. The maximum atomic E-state index is 13.6. The van der Waals surface area contributed by atoms with Crippen LogP contribution in [-0.2, 0) is 10.2 Å². The summed E-state index contributed by atoms with van der Waals surface area (Å²) in [5, 5.41) is 3.47. The summed E-state index contributed by atoms with van der Waals surface area (Å²) >= 11 is 0. The van der Waals surface area contributed by atoms with Gasteiger partial charge in [0.05, 0.1) is 5.41 Å². The highest BCUT2D eigenvalue weighted by atomic mass is 35.5. The zero-order valence-electron chi connectivity index (χ0n) is 14.0. The minimum Gasteiger partial charge on any atom is -0.342 e. The minimum atomic E-state index is -0.458. The molecule has 5 heteroatoms. The Kier molecular flexibility index (Phi) is 4.89. The Bertz CT molecular complexity index is 601. The first-order chi connectivity index (χ1) is 11.1.